The molecule has 0 saturated carbocycles. The summed E-state index contributed by atoms with van der Waals surface area (Å²) < 4.78 is 5.52. The number of benzene rings is 1. The standard InChI is InChI=1S/C15H22N2O3/c1-2-11-20-13-5-3-12(4-6-13)14(15(18)19)17-9-7-16-8-10-17/h3-6,14,16H,2,7-11H2,1H3,(H,18,19). The first-order chi connectivity index (χ1) is 9.72. The fourth-order valence-corrected chi connectivity index (χ4v) is 2.42. The molecule has 1 fully saturated rings. The van der Waals surface area contributed by atoms with Crippen LogP contribution in [0.3, 0.4) is 0 Å². The van der Waals surface area contributed by atoms with Gasteiger partial charge in [0.15, 0.2) is 0 Å². The van der Waals surface area contributed by atoms with E-state index in [1.807, 2.05) is 29.2 Å². The van der Waals surface area contributed by atoms with Crippen LogP contribution >= 0.6 is 0 Å². The number of hydrogen-bond acceptors (Lipinski definition) is 4. The molecule has 1 saturated heterocycles. The second-order valence-electron chi connectivity index (χ2n) is 4.94. The predicted octanol–water partition coefficient (Wildman–Crippen LogP) is 1.51. The highest BCUT2D eigenvalue weighted by molar-refractivity contribution is 5.75. The number of aliphatic carboxylic acids is 1. The molecule has 1 aromatic rings. The largest absolute Gasteiger partial charge is 0.494 e. The summed E-state index contributed by atoms with van der Waals surface area (Å²) in [5.41, 5.74) is 0.809. The molecule has 0 amide bonds. The quantitative estimate of drug-likeness (QED) is 0.826. The van der Waals surface area contributed by atoms with Gasteiger partial charge in [0.05, 0.1) is 6.61 Å². The Labute approximate surface area is 119 Å². The molecule has 20 heavy (non-hydrogen) atoms. The van der Waals surface area contributed by atoms with Crippen molar-refractivity contribution in [1.82, 2.24) is 10.2 Å². The highest BCUT2D eigenvalue weighted by Crippen LogP contribution is 2.24. The number of ether oxygens (including phenoxy) is 1. The van der Waals surface area contributed by atoms with E-state index in [4.69, 9.17) is 4.74 Å². The first kappa shape index (κ1) is 14.8. The van der Waals surface area contributed by atoms with Crippen molar-refractivity contribution in [3.05, 3.63) is 29.8 Å². The molecule has 0 aromatic heterocycles. The van der Waals surface area contributed by atoms with Crippen molar-refractivity contribution < 1.29 is 14.6 Å². The minimum absolute atomic E-state index is 0.572. The fourth-order valence-electron chi connectivity index (χ4n) is 2.42. The van der Waals surface area contributed by atoms with Gasteiger partial charge in [0.1, 0.15) is 11.8 Å². The summed E-state index contributed by atoms with van der Waals surface area (Å²) in [5, 5.41) is 12.7. The van der Waals surface area contributed by atoms with Gasteiger partial charge in [0.25, 0.3) is 0 Å². The molecule has 5 heteroatoms. The molecule has 1 aromatic carbocycles. The lowest BCUT2D eigenvalue weighted by Gasteiger charge is -2.32. The molecule has 1 atom stereocenters. The molecule has 2 rings (SSSR count). The molecule has 0 bridgehead atoms. The highest BCUT2D eigenvalue weighted by Gasteiger charge is 2.28. The van der Waals surface area contributed by atoms with Crippen LogP contribution in [-0.4, -0.2) is 48.8 Å². The molecule has 0 aliphatic carbocycles. The number of nitrogens with one attached hydrogen (secondary N) is 1. The van der Waals surface area contributed by atoms with Gasteiger partial charge in [-0.2, -0.15) is 0 Å². The first-order valence-electron chi connectivity index (χ1n) is 7.12. The monoisotopic (exact) mass is 278 g/mol. The van der Waals surface area contributed by atoms with Crippen LogP contribution in [0.4, 0.5) is 0 Å². The van der Waals surface area contributed by atoms with E-state index in [0.29, 0.717) is 6.61 Å². The van der Waals surface area contributed by atoms with Crippen LogP contribution in [0.15, 0.2) is 24.3 Å². The van der Waals surface area contributed by atoms with E-state index in [1.54, 1.807) is 0 Å². The number of rotatable bonds is 6. The van der Waals surface area contributed by atoms with Gasteiger partial charge in [-0.25, -0.2) is 0 Å². The van der Waals surface area contributed by atoms with Crippen molar-refractivity contribution in [3.8, 4) is 5.75 Å². The third-order valence-electron chi connectivity index (χ3n) is 3.42. The molecular formula is C15H22N2O3. The highest BCUT2D eigenvalue weighted by atomic mass is 16.5. The number of hydrogen-bond donors (Lipinski definition) is 2. The van der Waals surface area contributed by atoms with Crippen molar-refractivity contribution in [3.63, 3.8) is 0 Å². The Morgan fingerprint density at radius 1 is 1.35 bits per heavy atom. The van der Waals surface area contributed by atoms with E-state index in [9.17, 15) is 9.90 Å². The Hall–Kier alpha value is -1.59. The van der Waals surface area contributed by atoms with Crippen LogP contribution in [-0.2, 0) is 4.79 Å². The smallest absolute Gasteiger partial charge is 0.325 e. The van der Waals surface area contributed by atoms with Crippen molar-refractivity contribution in [1.29, 1.82) is 0 Å². The minimum Gasteiger partial charge on any atom is -0.494 e. The van der Waals surface area contributed by atoms with E-state index in [0.717, 1.165) is 43.9 Å². The predicted molar refractivity (Wildman–Crippen MR) is 77.0 cm³/mol. The van der Waals surface area contributed by atoms with Gasteiger partial charge in [-0.3, -0.25) is 9.69 Å². The zero-order valence-electron chi connectivity index (χ0n) is 11.8. The average molecular weight is 278 g/mol. The number of piperazine rings is 1. The van der Waals surface area contributed by atoms with Gasteiger partial charge in [-0.1, -0.05) is 19.1 Å². The van der Waals surface area contributed by atoms with Crippen molar-refractivity contribution in [2.75, 3.05) is 32.8 Å². The second kappa shape index (κ2) is 7.26. The molecule has 0 radical (unpaired) electrons. The normalized spacial score (nSPS) is 17.6. The Morgan fingerprint density at radius 2 is 2.00 bits per heavy atom. The lowest BCUT2D eigenvalue weighted by molar-refractivity contribution is -0.143. The van der Waals surface area contributed by atoms with Gasteiger partial charge in [-0.15, -0.1) is 0 Å². The molecule has 5 nitrogen and oxygen atoms in total. The summed E-state index contributed by atoms with van der Waals surface area (Å²) in [6.07, 6.45) is 0.959. The summed E-state index contributed by atoms with van der Waals surface area (Å²) in [4.78, 5) is 13.6. The van der Waals surface area contributed by atoms with Gasteiger partial charge in [0, 0.05) is 26.2 Å². The van der Waals surface area contributed by atoms with E-state index in [2.05, 4.69) is 12.2 Å². The van der Waals surface area contributed by atoms with Crippen molar-refractivity contribution in [2.45, 2.75) is 19.4 Å². The van der Waals surface area contributed by atoms with Crippen LogP contribution in [0, 0.1) is 0 Å². The number of carboxylic acid groups (broad SMARTS) is 1. The van der Waals surface area contributed by atoms with Crippen LogP contribution < -0.4 is 10.1 Å². The lowest BCUT2D eigenvalue weighted by Crippen LogP contribution is -2.47. The van der Waals surface area contributed by atoms with E-state index < -0.39 is 12.0 Å². The summed E-state index contributed by atoms with van der Waals surface area (Å²) in [5.74, 6) is -0.00539. The second-order valence-corrected chi connectivity index (χ2v) is 4.94. The Balaban J connectivity index is 2.10. The van der Waals surface area contributed by atoms with E-state index in [1.165, 1.54) is 0 Å². The summed E-state index contributed by atoms with van der Waals surface area (Å²) in [7, 11) is 0. The Morgan fingerprint density at radius 3 is 2.55 bits per heavy atom. The van der Waals surface area contributed by atoms with Gasteiger partial charge in [0.2, 0.25) is 0 Å². The summed E-state index contributed by atoms with van der Waals surface area (Å²) >= 11 is 0. The topological polar surface area (TPSA) is 61.8 Å². The van der Waals surface area contributed by atoms with Crippen molar-refractivity contribution in [2.24, 2.45) is 0 Å². The number of carbonyl (C=O) groups is 1. The molecule has 0 spiro atoms. The van der Waals surface area contributed by atoms with Gasteiger partial charge in [-0.05, 0) is 24.1 Å². The lowest BCUT2D eigenvalue weighted by atomic mass is 10.0. The first-order valence-corrected chi connectivity index (χ1v) is 7.12. The fraction of sp³-hybridized carbons (Fsp3) is 0.533. The van der Waals surface area contributed by atoms with Gasteiger partial charge >= 0.3 is 5.97 Å². The Kier molecular flexibility index (Phi) is 5.38. The third-order valence-corrected chi connectivity index (χ3v) is 3.42. The molecule has 1 aliphatic rings. The maximum absolute atomic E-state index is 11.6. The zero-order valence-corrected chi connectivity index (χ0v) is 11.8. The van der Waals surface area contributed by atoms with Crippen molar-refractivity contribution >= 4 is 5.97 Å². The molecular weight excluding hydrogens is 256 g/mol. The SMILES string of the molecule is CCCOc1ccc(C(C(=O)O)N2CCNCC2)cc1. The van der Waals surface area contributed by atoms with E-state index in [-0.39, 0.29) is 0 Å². The summed E-state index contributed by atoms with van der Waals surface area (Å²) in [6.45, 7) is 5.91. The van der Waals surface area contributed by atoms with Crippen LogP contribution in [0.2, 0.25) is 0 Å². The molecule has 110 valence electrons. The van der Waals surface area contributed by atoms with E-state index >= 15 is 0 Å². The average Bonchev–Trinajstić information content (AvgIpc) is 2.47. The van der Waals surface area contributed by atoms with Crippen LogP contribution in [0.1, 0.15) is 24.9 Å². The Bertz CT molecular complexity index is 427. The van der Waals surface area contributed by atoms with Crippen LogP contribution in [0.25, 0.3) is 0 Å². The molecule has 1 unspecified atom stereocenters. The van der Waals surface area contributed by atoms with Gasteiger partial charge < -0.3 is 15.2 Å². The summed E-state index contributed by atoms with van der Waals surface area (Å²) in [6, 6.07) is 6.83. The maximum Gasteiger partial charge on any atom is 0.325 e. The molecule has 1 heterocycles. The maximum atomic E-state index is 11.6. The minimum atomic E-state index is -0.797. The molecule has 2 N–H and O–H groups in total. The number of nitrogens with zero attached hydrogens (tertiary/aromatic N) is 1. The number of carboxylic acids is 1. The third kappa shape index (κ3) is 3.71. The molecule has 1 aliphatic heterocycles. The van der Waals surface area contributed by atoms with Crippen LogP contribution in [0.5, 0.6) is 5.75 Å². The zero-order chi connectivity index (χ0) is 14.4.